The second-order valence-corrected chi connectivity index (χ2v) is 5.51. The highest BCUT2D eigenvalue weighted by Crippen LogP contribution is 2.21. The first kappa shape index (κ1) is 15.1. The van der Waals surface area contributed by atoms with Crippen LogP contribution in [0.4, 0.5) is 0 Å². The molecule has 1 nitrogen and oxygen atoms in total. The Hall–Kier alpha value is -2.80. The first-order valence-corrected chi connectivity index (χ1v) is 7.98. The third kappa shape index (κ3) is 4.33. The minimum Gasteiger partial charge on any atom is -0.380 e. The molecule has 0 fully saturated rings. The Balaban J connectivity index is 1.72. The molecule has 0 aliphatic carbocycles. The maximum absolute atomic E-state index is 3.54. The molecular weight excluding hydrogens is 278 g/mol. The van der Waals surface area contributed by atoms with Crippen LogP contribution in [0, 0.1) is 0 Å². The van der Waals surface area contributed by atoms with Gasteiger partial charge in [-0.1, -0.05) is 97.1 Å². The summed E-state index contributed by atoms with van der Waals surface area (Å²) in [7, 11) is 0. The molecule has 1 N–H and O–H groups in total. The van der Waals surface area contributed by atoms with E-state index in [-0.39, 0.29) is 6.04 Å². The molecule has 0 aromatic heterocycles. The lowest BCUT2D eigenvalue weighted by atomic mass is 9.99. The van der Waals surface area contributed by atoms with E-state index in [2.05, 4.69) is 103 Å². The molecule has 0 unspecified atom stereocenters. The van der Waals surface area contributed by atoms with E-state index < -0.39 is 0 Å². The highest BCUT2D eigenvalue weighted by molar-refractivity contribution is 5.32. The molecule has 0 spiro atoms. The SMILES string of the molecule is C(=CNC(c1ccccc1)c1ccccc1)Cc1ccccc1. The largest absolute Gasteiger partial charge is 0.380 e. The van der Waals surface area contributed by atoms with Gasteiger partial charge in [0.05, 0.1) is 6.04 Å². The molecule has 0 saturated heterocycles. The number of nitrogens with one attached hydrogen (secondary N) is 1. The molecule has 114 valence electrons. The summed E-state index contributed by atoms with van der Waals surface area (Å²) < 4.78 is 0. The molecule has 0 bridgehead atoms. The molecule has 0 radical (unpaired) electrons. The van der Waals surface area contributed by atoms with E-state index in [1.54, 1.807) is 0 Å². The van der Waals surface area contributed by atoms with Gasteiger partial charge >= 0.3 is 0 Å². The Bertz CT molecular complexity index is 678. The van der Waals surface area contributed by atoms with Crippen molar-refractivity contribution in [3.05, 3.63) is 120 Å². The summed E-state index contributed by atoms with van der Waals surface area (Å²) in [6.45, 7) is 0. The van der Waals surface area contributed by atoms with Crippen LogP contribution in [-0.2, 0) is 6.42 Å². The van der Waals surface area contributed by atoms with Gasteiger partial charge < -0.3 is 5.32 Å². The lowest BCUT2D eigenvalue weighted by Crippen LogP contribution is -2.16. The van der Waals surface area contributed by atoms with Crippen molar-refractivity contribution in [3.63, 3.8) is 0 Å². The summed E-state index contributed by atoms with van der Waals surface area (Å²) >= 11 is 0. The van der Waals surface area contributed by atoms with E-state index in [1.807, 2.05) is 6.07 Å². The predicted octanol–water partition coefficient (Wildman–Crippen LogP) is 5.12. The average molecular weight is 299 g/mol. The fraction of sp³-hybridized carbons (Fsp3) is 0.0909. The summed E-state index contributed by atoms with van der Waals surface area (Å²) in [5.74, 6) is 0. The third-order valence-corrected chi connectivity index (χ3v) is 3.84. The summed E-state index contributed by atoms with van der Waals surface area (Å²) in [6, 6.07) is 31.8. The number of allylic oxidation sites excluding steroid dienone is 1. The predicted molar refractivity (Wildman–Crippen MR) is 97.1 cm³/mol. The summed E-state index contributed by atoms with van der Waals surface area (Å²) in [5, 5.41) is 3.54. The number of rotatable bonds is 6. The van der Waals surface area contributed by atoms with Crippen LogP contribution < -0.4 is 5.32 Å². The molecule has 0 atom stereocenters. The third-order valence-electron chi connectivity index (χ3n) is 3.84. The number of hydrogen-bond donors (Lipinski definition) is 1. The molecule has 23 heavy (non-hydrogen) atoms. The molecule has 3 rings (SSSR count). The van der Waals surface area contributed by atoms with Crippen molar-refractivity contribution in [1.82, 2.24) is 5.32 Å². The topological polar surface area (TPSA) is 12.0 Å². The molecule has 0 aliphatic heterocycles. The minimum absolute atomic E-state index is 0.171. The fourth-order valence-electron chi connectivity index (χ4n) is 2.65. The first-order chi connectivity index (χ1) is 11.4. The Morgan fingerprint density at radius 2 is 1.13 bits per heavy atom. The van der Waals surface area contributed by atoms with Crippen molar-refractivity contribution in [2.75, 3.05) is 0 Å². The van der Waals surface area contributed by atoms with Crippen molar-refractivity contribution < 1.29 is 0 Å². The van der Waals surface area contributed by atoms with Gasteiger partial charge in [0.2, 0.25) is 0 Å². The van der Waals surface area contributed by atoms with Gasteiger partial charge in [-0.05, 0) is 29.3 Å². The van der Waals surface area contributed by atoms with Gasteiger partial charge in [0.15, 0.2) is 0 Å². The number of hydrogen-bond acceptors (Lipinski definition) is 1. The number of benzene rings is 3. The van der Waals surface area contributed by atoms with Crippen LogP contribution in [0.15, 0.2) is 103 Å². The van der Waals surface area contributed by atoms with E-state index in [0.717, 1.165) is 6.42 Å². The van der Waals surface area contributed by atoms with E-state index in [1.165, 1.54) is 16.7 Å². The Morgan fingerprint density at radius 1 is 0.652 bits per heavy atom. The van der Waals surface area contributed by atoms with Gasteiger partial charge in [0.25, 0.3) is 0 Å². The standard InChI is InChI=1S/C22H21N/c1-4-11-19(12-5-1)13-10-18-23-22(20-14-6-2-7-15-20)21-16-8-3-9-17-21/h1-12,14-18,22-23H,13H2. The van der Waals surface area contributed by atoms with Crippen molar-refractivity contribution >= 4 is 0 Å². The summed E-state index contributed by atoms with van der Waals surface area (Å²) in [4.78, 5) is 0. The zero-order chi connectivity index (χ0) is 15.7. The maximum atomic E-state index is 3.54. The maximum Gasteiger partial charge on any atom is 0.0762 e. The van der Waals surface area contributed by atoms with E-state index >= 15 is 0 Å². The molecule has 0 heterocycles. The fourth-order valence-corrected chi connectivity index (χ4v) is 2.65. The molecule has 1 heteroatoms. The normalized spacial score (nSPS) is 11.0. The Kier molecular flexibility index (Phi) is 5.25. The van der Waals surface area contributed by atoms with Crippen molar-refractivity contribution in [1.29, 1.82) is 0 Å². The molecule has 0 saturated carbocycles. The Labute approximate surface area is 138 Å². The minimum atomic E-state index is 0.171. The van der Waals surface area contributed by atoms with Crippen molar-refractivity contribution in [2.24, 2.45) is 0 Å². The quantitative estimate of drug-likeness (QED) is 0.666. The van der Waals surface area contributed by atoms with E-state index in [9.17, 15) is 0 Å². The van der Waals surface area contributed by atoms with Gasteiger partial charge in [-0.2, -0.15) is 0 Å². The van der Waals surface area contributed by atoms with Crippen LogP contribution in [0.2, 0.25) is 0 Å². The summed E-state index contributed by atoms with van der Waals surface area (Å²) in [5.41, 5.74) is 3.85. The van der Waals surface area contributed by atoms with Gasteiger partial charge in [0, 0.05) is 0 Å². The van der Waals surface area contributed by atoms with Crippen molar-refractivity contribution in [2.45, 2.75) is 12.5 Å². The van der Waals surface area contributed by atoms with Crippen LogP contribution in [0.3, 0.4) is 0 Å². The second-order valence-electron chi connectivity index (χ2n) is 5.51. The van der Waals surface area contributed by atoms with Crippen LogP contribution in [0.25, 0.3) is 0 Å². The smallest absolute Gasteiger partial charge is 0.0762 e. The van der Waals surface area contributed by atoms with Crippen molar-refractivity contribution in [3.8, 4) is 0 Å². The van der Waals surface area contributed by atoms with E-state index in [4.69, 9.17) is 0 Å². The summed E-state index contributed by atoms with van der Waals surface area (Å²) in [6.07, 6.45) is 5.18. The van der Waals surface area contributed by atoms with Crippen LogP contribution in [0.1, 0.15) is 22.7 Å². The lowest BCUT2D eigenvalue weighted by molar-refractivity contribution is 0.727. The molecule has 3 aromatic carbocycles. The van der Waals surface area contributed by atoms with Gasteiger partial charge in [-0.15, -0.1) is 0 Å². The first-order valence-electron chi connectivity index (χ1n) is 7.98. The Morgan fingerprint density at radius 3 is 1.65 bits per heavy atom. The van der Waals surface area contributed by atoms with Crippen LogP contribution >= 0.6 is 0 Å². The van der Waals surface area contributed by atoms with Crippen LogP contribution in [0.5, 0.6) is 0 Å². The van der Waals surface area contributed by atoms with Gasteiger partial charge in [-0.3, -0.25) is 0 Å². The van der Waals surface area contributed by atoms with Gasteiger partial charge in [-0.25, -0.2) is 0 Å². The zero-order valence-electron chi connectivity index (χ0n) is 13.1. The molecule has 3 aromatic rings. The molecular formula is C22H21N. The average Bonchev–Trinajstić information content (AvgIpc) is 2.64. The molecule has 0 aliphatic rings. The van der Waals surface area contributed by atoms with E-state index in [0.29, 0.717) is 0 Å². The lowest BCUT2D eigenvalue weighted by Gasteiger charge is -2.18. The van der Waals surface area contributed by atoms with Crippen LogP contribution in [-0.4, -0.2) is 0 Å². The highest BCUT2D eigenvalue weighted by Gasteiger charge is 2.10. The molecule has 0 amide bonds. The second kappa shape index (κ2) is 8.00. The highest BCUT2D eigenvalue weighted by atomic mass is 14.9. The zero-order valence-corrected chi connectivity index (χ0v) is 13.1. The van der Waals surface area contributed by atoms with Gasteiger partial charge in [0.1, 0.15) is 0 Å². The monoisotopic (exact) mass is 299 g/mol.